The van der Waals surface area contributed by atoms with Crippen molar-refractivity contribution in [1.29, 1.82) is 0 Å². The highest BCUT2D eigenvalue weighted by molar-refractivity contribution is 6.00. The number of carbonyl (C=O) groups is 1. The molecular formula is C22H18F3N5O2. The summed E-state index contributed by atoms with van der Waals surface area (Å²) in [7, 11) is 1.51. The standard InChI is InChI=1S/C22H18F3N5O2/c1-13(29-21(31)22(23,24)25)20(14-3-6-18(32-2)7-4-14)30-19-8-5-15(9-16(19)12-28-30)17-10-26-27-11-17/h3-12,20H,1-2H3,(H,26,27)/t20-/m1/s1. The highest BCUT2D eigenvalue weighted by atomic mass is 19.4. The van der Waals surface area contributed by atoms with Crippen LogP contribution >= 0.6 is 0 Å². The first-order valence-electron chi connectivity index (χ1n) is 9.54. The van der Waals surface area contributed by atoms with Crippen molar-refractivity contribution < 1.29 is 22.7 Å². The first-order chi connectivity index (χ1) is 15.3. The lowest BCUT2D eigenvalue weighted by atomic mass is 10.0. The van der Waals surface area contributed by atoms with Gasteiger partial charge in [0.15, 0.2) is 0 Å². The molecule has 4 aromatic rings. The van der Waals surface area contributed by atoms with Gasteiger partial charge in [-0.25, -0.2) is 4.99 Å². The number of nitrogens with one attached hydrogen (secondary N) is 1. The van der Waals surface area contributed by atoms with Gasteiger partial charge in [-0.2, -0.15) is 23.4 Å². The number of H-pyrrole nitrogens is 1. The van der Waals surface area contributed by atoms with Crippen LogP contribution in [0.1, 0.15) is 18.5 Å². The number of aromatic amines is 1. The van der Waals surface area contributed by atoms with E-state index in [0.717, 1.165) is 16.5 Å². The smallest absolute Gasteiger partial charge is 0.473 e. The molecule has 0 aliphatic heterocycles. The summed E-state index contributed by atoms with van der Waals surface area (Å²) >= 11 is 0. The lowest BCUT2D eigenvalue weighted by molar-refractivity contribution is -0.169. The van der Waals surface area contributed by atoms with Crippen LogP contribution < -0.4 is 4.74 Å². The number of amides is 1. The maximum Gasteiger partial charge on any atom is 0.473 e. The molecule has 10 heteroatoms. The molecule has 0 spiro atoms. The van der Waals surface area contributed by atoms with E-state index in [-0.39, 0.29) is 5.71 Å². The minimum absolute atomic E-state index is 0.0404. The number of hydrogen-bond donors (Lipinski definition) is 1. The summed E-state index contributed by atoms with van der Waals surface area (Å²) < 4.78 is 45.3. The average Bonchev–Trinajstić information content (AvgIpc) is 3.44. The van der Waals surface area contributed by atoms with Gasteiger partial charge in [0, 0.05) is 22.9 Å². The van der Waals surface area contributed by atoms with E-state index >= 15 is 0 Å². The second-order valence-corrected chi connectivity index (χ2v) is 7.08. The second-order valence-electron chi connectivity index (χ2n) is 7.08. The SMILES string of the molecule is COc1ccc([C@@H](C(C)=NC(=O)C(F)(F)F)n2ncc3cc(-c4cn[nH]c4)ccc32)cc1. The van der Waals surface area contributed by atoms with Crippen LogP contribution in [0.5, 0.6) is 5.75 Å². The Morgan fingerprint density at radius 3 is 2.50 bits per heavy atom. The van der Waals surface area contributed by atoms with Crippen LogP contribution in [-0.4, -0.2) is 44.9 Å². The number of methoxy groups -OCH3 is 1. The van der Waals surface area contributed by atoms with Crippen LogP contribution in [-0.2, 0) is 4.79 Å². The number of aliphatic imine (C=N–C) groups is 1. The molecule has 2 heterocycles. The van der Waals surface area contributed by atoms with E-state index in [9.17, 15) is 18.0 Å². The summed E-state index contributed by atoms with van der Waals surface area (Å²) in [5.41, 5.74) is 3.03. The first kappa shape index (κ1) is 21.3. The molecule has 0 unspecified atom stereocenters. The highest BCUT2D eigenvalue weighted by Gasteiger charge is 2.39. The molecule has 0 fully saturated rings. The Bertz CT molecular complexity index is 1280. The minimum Gasteiger partial charge on any atom is -0.497 e. The molecule has 1 atom stereocenters. The van der Waals surface area contributed by atoms with Gasteiger partial charge in [-0.1, -0.05) is 18.2 Å². The molecule has 1 N–H and O–H groups in total. The molecule has 0 aliphatic rings. The lowest BCUT2D eigenvalue weighted by Gasteiger charge is -2.20. The zero-order chi connectivity index (χ0) is 22.9. The van der Waals surface area contributed by atoms with Gasteiger partial charge in [0.05, 0.1) is 25.0 Å². The van der Waals surface area contributed by atoms with Crippen LogP contribution in [0.3, 0.4) is 0 Å². The molecule has 0 bridgehead atoms. The van der Waals surface area contributed by atoms with Gasteiger partial charge in [0.25, 0.3) is 0 Å². The van der Waals surface area contributed by atoms with E-state index in [2.05, 4.69) is 20.3 Å². The predicted molar refractivity (Wildman–Crippen MR) is 113 cm³/mol. The van der Waals surface area contributed by atoms with Crippen molar-refractivity contribution in [1.82, 2.24) is 20.0 Å². The number of nitrogens with zero attached hydrogens (tertiary/aromatic N) is 4. The Labute approximate surface area is 180 Å². The van der Waals surface area contributed by atoms with Gasteiger partial charge in [0.2, 0.25) is 0 Å². The Morgan fingerprint density at radius 1 is 1.12 bits per heavy atom. The van der Waals surface area contributed by atoms with Gasteiger partial charge < -0.3 is 4.74 Å². The van der Waals surface area contributed by atoms with Gasteiger partial charge >= 0.3 is 12.1 Å². The van der Waals surface area contributed by atoms with Crippen molar-refractivity contribution in [3.05, 3.63) is 66.6 Å². The third-order valence-electron chi connectivity index (χ3n) is 5.02. The Kier molecular flexibility index (Phi) is 5.52. The second kappa shape index (κ2) is 8.29. The number of rotatable bonds is 5. The molecule has 1 amide bonds. The number of carbonyl (C=O) groups excluding carboxylic acids is 1. The summed E-state index contributed by atoms with van der Waals surface area (Å²) in [5.74, 6) is -1.57. The lowest BCUT2D eigenvalue weighted by Crippen LogP contribution is -2.25. The van der Waals surface area contributed by atoms with Crippen molar-refractivity contribution in [2.45, 2.75) is 19.1 Å². The number of benzene rings is 2. The van der Waals surface area contributed by atoms with Crippen molar-refractivity contribution in [2.24, 2.45) is 4.99 Å². The van der Waals surface area contributed by atoms with E-state index in [1.54, 1.807) is 47.5 Å². The van der Waals surface area contributed by atoms with Crippen LogP contribution in [0.4, 0.5) is 13.2 Å². The van der Waals surface area contributed by atoms with Gasteiger partial charge in [-0.15, -0.1) is 0 Å². The van der Waals surface area contributed by atoms with Gasteiger partial charge in [0.1, 0.15) is 11.8 Å². The number of aromatic nitrogens is 4. The van der Waals surface area contributed by atoms with Crippen LogP contribution in [0.25, 0.3) is 22.0 Å². The predicted octanol–water partition coefficient (Wildman–Crippen LogP) is 4.57. The molecule has 0 aliphatic carbocycles. The van der Waals surface area contributed by atoms with Crippen molar-refractivity contribution >= 4 is 22.5 Å². The zero-order valence-electron chi connectivity index (χ0n) is 17.1. The molecule has 32 heavy (non-hydrogen) atoms. The molecule has 2 aromatic carbocycles. The van der Waals surface area contributed by atoms with Gasteiger partial charge in [-0.3, -0.25) is 14.6 Å². The summed E-state index contributed by atoms with van der Waals surface area (Å²) in [4.78, 5) is 14.9. The summed E-state index contributed by atoms with van der Waals surface area (Å²) in [6.07, 6.45) is 0.00229. The van der Waals surface area contributed by atoms with E-state index in [0.29, 0.717) is 16.8 Å². The largest absolute Gasteiger partial charge is 0.497 e. The van der Waals surface area contributed by atoms with Crippen molar-refractivity contribution in [3.63, 3.8) is 0 Å². The fourth-order valence-electron chi connectivity index (χ4n) is 3.48. The monoisotopic (exact) mass is 441 g/mol. The number of ether oxygens (including phenoxy) is 1. The maximum absolute atomic E-state index is 12.8. The number of hydrogen-bond acceptors (Lipinski definition) is 4. The molecule has 0 radical (unpaired) electrons. The van der Waals surface area contributed by atoms with Crippen molar-refractivity contribution in [2.75, 3.05) is 7.11 Å². The van der Waals surface area contributed by atoms with E-state index in [1.807, 2.05) is 18.2 Å². The van der Waals surface area contributed by atoms with Crippen LogP contribution in [0, 0.1) is 0 Å². The van der Waals surface area contributed by atoms with Gasteiger partial charge in [-0.05, 0) is 42.3 Å². The van der Waals surface area contributed by atoms with E-state index in [4.69, 9.17) is 4.74 Å². The third kappa shape index (κ3) is 4.11. The van der Waals surface area contributed by atoms with E-state index in [1.165, 1.54) is 14.0 Å². The molecule has 0 saturated heterocycles. The average molecular weight is 441 g/mol. The normalized spacial score (nSPS) is 13.3. The molecule has 7 nitrogen and oxygen atoms in total. The Hall–Kier alpha value is -3.95. The Morgan fingerprint density at radius 2 is 1.88 bits per heavy atom. The Balaban J connectivity index is 1.83. The maximum atomic E-state index is 12.8. The molecular weight excluding hydrogens is 423 g/mol. The molecule has 0 saturated carbocycles. The quantitative estimate of drug-likeness (QED) is 0.460. The fourth-order valence-corrected chi connectivity index (χ4v) is 3.48. The topological polar surface area (TPSA) is 85.2 Å². The summed E-state index contributed by atoms with van der Waals surface area (Å²) in [5, 5.41) is 11.9. The molecule has 164 valence electrons. The number of fused-ring (bicyclic) bond motifs is 1. The first-order valence-corrected chi connectivity index (χ1v) is 9.54. The number of halogens is 3. The van der Waals surface area contributed by atoms with Crippen LogP contribution in [0.15, 0.2) is 66.0 Å². The van der Waals surface area contributed by atoms with Crippen molar-refractivity contribution in [3.8, 4) is 16.9 Å². The molecule has 2 aromatic heterocycles. The summed E-state index contributed by atoms with van der Waals surface area (Å²) in [6, 6.07) is 11.5. The van der Waals surface area contributed by atoms with E-state index < -0.39 is 18.1 Å². The minimum atomic E-state index is -5.06. The third-order valence-corrected chi connectivity index (χ3v) is 5.02. The fraction of sp³-hybridized carbons (Fsp3) is 0.182. The zero-order valence-corrected chi connectivity index (χ0v) is 17.1. The highest BCUT2D eigenvalue weighted by Crippen LogP contribution is 2.30. The molecule has 4 rings (SSSR count). The van der Waals surface area contributed by atoms with Crippen LogP contribution in [0.2, 0.25) is 0 Å². The number of alkyl halides is 3. The summed E-state index contributed by atoms with van der Waals surface area (Å²) in [6.45, 7) is 1.38.